The Morgan fingerprint density at radius 1 is 1.24 bits per heavy atom. The second-order valence-corrected chi connectivity index (χ2v) is 4.36. The van der Waals surface area contributed by atoms with Gasteiger partial charge in [0.2, 0.25) is 0 Å². The van der Waals surface area contributed by atoms with Crippen LogP contribution in [-0.2, 0) is 11.3 Å². The third-order valence-corrected chi connectivity index (χ3v) is 2.72. The lowest BCUT2D eigenvalue weighted by Crippen LogP contribution is -2.07. The van der Waals surface area contributed by atoms with Crippen molar-refractivity contribution in [3.05, 3.63) is 48.0 Å². The van der Waals surface area contributed by atoms with E-state index in [4.69, 9.17) is 20.3 Å². The van der Waals surface area contributed by atoms with Crippen molar-refractivity contribution < 1.29 is 19.4 Å². The number of nitrogen functional groups attached to an aromatic ring is 1. The Balaban J connectivity index is 2.24. The SMILES string of the molecule is COCc1cc(NC(=O)O)ccc1Oc1ccc(N)cc1. The summed E-state index contributed by atoms with van der Waals surface area (Å²) < 4.78 is 10.9. The molecule has 6 heteroatoms. The molecule has 0 radical (unpaired) electrons. The smallest absolute Gasteiger partial charge is 0.409 e. The summed E-state index contributed by atoms with van der Waals surface area (Å²) in [6, 6.07) is 12.0. The van der Waals surface area contributed by atoms with Gasteiger partial charge in [0.15, 0.2) is 0 Å². The lowest BCUT2D eigenvalue weighted by Gasteiger charge is -2.12. The number of anilines is 2. The van der Waals surface area contributed by atoms with Crippen LogP contribution in [-0.4, -0.2) is 18.3 Å². The largest absolute Gasteiger partial charge is 0.465 e. The zero-order valence-corrected chi connectivity index (χ0v) is 11.5. The number of benzene rings is 2. The summed E-state index contributed by atoms with van der Waals surface area (Å²) in [5, 5.41) is 11.0. The van der Waals surface area contributed by atoms with Crippen LogP contribution in [0.2, 0.25) is 0 Å². The maximum Gasteiger partial charge on any atom is 0.409 e. The van der Waals surface area contributed by atoms with Crippen LogP contribution >= 0.6 is 0 Å². The van der Waals surface area contributed by atoms with Crippen LogP contribution in [0.1, 0.15) is 5.56 Å². The van der Waals surface area contributed by atoms with Crippen molar-refractivity contribution >= 4 is 17.5 Å². The number of methoxy groups -OCH3 is 1. The fourth-order valence-corrected chi connectivity index (χ4v) is 1.81. The van der Waals surface area contributed by atoms with Crippen molar-refractivity contribution in [1.29, 1.82) is 0 Å². The van der Waals surface area contributed by atoms with E-state index in [-0.39, 0.29) is 0 Å². The standard InChI is InChI=1S/C15H16N2O4/c1-20-9-10-8-12(17-15(18)19)4-7-14(10)21-13-5-2-11(16)3-6-13/h2-8,17H,9,16H2,1H3,(H,18,19). The molecule has 2 aromatic carbocycles. The molecule has 21 heavy (non-hydrogen) atoms. The lowest BCUT2D eigenvalue weighted by atomic mass is 10.2. The minimum absolute atomic E-state index is 0.305. The van der Waals surface area contributed by atoms with Gasteiger partial charge < -0.3 is 20.3 Å². The molecular formula is C15H16N2O4. The summed E-state index contributed by atoms with van der Waals surface area (Å²) in [6.07, 6.45) is -1.12. The lowest BCUT2D eigenvalue weighted by molar-refractivity contribution is 0.182. The summed E-state index contributed by atoms with van der Waals surface area (Å²) in [6.45, 7) is 0.305. The van der Waals surface area contributed by atoms with Gasteiger partial charge in [0.25, 0.3) is 0 Å². The van der Waals surface area contributed by atoms with Gasteiger partial charge in [0.05, 0.1) is 6.61 Å². The van der Waals surface area contributed by atoms with Crippen molar-refractivity contribution in [1.82, 2.24) is 0 Å². The van der Waals surface area contributed by atoms with Crippen molar-refractivity contribution in [3.8, 4) is 11.5 Å². The van der Waals surface area contributed by atoms with E-state index in [2.05, 4.69) is 5.32 Å². The van der Waals surface area contributed by atoms with Crippen LogP contribution in [0.4, 0.5) is 16.2 Å². The van der Waals surface area contributed by atoms with E-state index in [9.17, 15) is 4.79 Å². The van der Waals surface area contributed by atoms with Crippen LogP contribution < -0.4 is 15.8 Å². The Morgan fingerprint density at radius 2 is 1.95 bits per heavy atom. The molecule has 0 atom stereocenters. The topological polar surface area (TPSA) is 93.8 Å². The fourth-order valence-electron chi connectivity index (χ4n) is 1.81. The van der Waals surface area contributed by atoms with Crippen LogP contribution in [0, 0.1) is 0 Å². The highest BCUT2D eigenvalue weighted by molar-refractivity contribution is 5.83. The van der Waals surface area contributed by atoms with Gasteiger partial charge in [-0.25, -0.2) is 4.79 Å². The Bertz CT molecular complexity index is 626. The summed E-state index contributed by atoms with van der Waals surface area (Å²) in [5.41, 5.74) is 7.47. The average molecular weight is 288 g/mol. The first-order valence-electron chi connectivity index (χ1n) is 6.23. The molecule has 6 nitrogen and oxygen atoms in total. The molecule has 0 saturated carbocycles. The molecule has 0 aliphatic carbocycles. The molecule has 1 amide bonds. The molecule has 0 unspecified atom stereocenters. The third kappa shape index (κ3) is 4.12. The quantitative estimate of drug-likeness (QED) is 0.734. The molecule has 110 valence electrons. The van der Waals surface area contributed by atoms with E-state index in [1.807, 2.05) is 0 Å². The van der Waals surface area contributed by atoms with E-state index in [0.717, 1.165) is 5.56 Å². The van der Waals surface area contributed by atoms with Crippen molar-refractivity contribution in [2.45, 2.75) is 6.61 Å². The molecule has 2 rings (SSSR count). The predicted molar refractivity (Wildman–Crippen MR) is 79.7 cm³/mol. The van der Waals surface area contributed by atoms with Gasteiger partial charge in [-0.15, -0.1) is 0 Å². The molecule has 0 aliphatic rings. The number of amides is 1. The van der Waals surface area contributed by atoms with Crippen molar-refractivity contribution in [3.63, 3.8) is 0 Å². The van der Waals surface area contributed by atoms with Gasteiger partial charge >= 0.3 is 6.09 Å². The molecule has 2 aromatic rings. The molecule has 0 heterocycles. The third-order valence-electron chi connectivity index (χ3n) is 2.72. The molecule has 0 bridgehead atoms. The van der Waals surface area contributed by atoms with Crippen molar-refractivity contribution in [2.75, 3.05) is 18.2 Å². The van der Waals surface area contributed by atoms with E-state index < -0.39 is 6.09 Å². The molecule has 4 N–H and O–H groups in total. The minimum Gasteiger partial charge on any atom is -0.465 e. The van der Waals surface area contributed by atoms with Gasteiger partial charge in [-0.2, -0.15) is 0 Å². The Kier molecular flexibility index (Phi) is 4.63. The highest BCUT2D eigenvalue weighted by Crippen LogP contribution is 2.29. The number of hydrogen-bond acceptors (Lipinski definition) is 4. The number of ether oxygens (including phenoxy) is 2. The molecule has 0 saturated heterocycles. The van der Waals surface area contributed by atoms with E-state index in [1.54, 1.807) is 49.6 Å². The molecule has 0 spiro atoms. The first-order valence-corrected chi connectivity index (χ1v) is 6.23. The first-order chi connectivity index (χ1) is 10.1. The van der Waals surface area contributed by atoms with Gasteiger partial charge in [-0.1, -0.05) is 0 Å². The molecule has 0 fully saturated rings. The summed E-state index contributed by atoms with van der Waals surface area (Å²) in [5.74, 6) is 1.23. The number of rotatable bonds is 5. The molecule has 0 aliphatic heterocycles. The highest BCUT2D eigenvalue weighted by atomic mass is 16.5. The van der Waals surface area contributed by atoms with E-state index in [1.165, 1.54) is 0 Å². The number of nitrogens with one attached hydrogen (secondary N) is 1. The van der Waals surface area contributed by atoms with Crippen molar-refractivity contribution in [2.24, 2.45) is 0 Å². The number of carbonyl (C=O) groups is 1. The normalized spacial score (nSPS) is 10.1. The van der Waals surface area contributed by atoms with Crippen LogP contribution in [0.15, 0.2) is 42.5 Å². The maximum atomic E-state index is 10.7. The van der Waals surface area contributed by atoms with Gasteiger partial charge in [-0.05, 0) is 42.5 Å². The summed E-state index contributed by atoms with van der Waals surface area (Å²) >= 11 is 0. The highest BCUT2D eigenvalue weighted by Gasteiger charge is 2.08. The average Bonchev–Trinajstić information content (AvgIpc) is 2.44. The number of carboxylic acid groups (broad SMARTS) is 1. The Hall–Kier alpha value is -2.73. The van der Waals surface area contributed by atoms with E-state index >= 15 is 0 Å². The summed E-state index contributed by atoms with van der Waals surface area (Å²) in [7, 11) is 1.56. The Labute approximate surface area is 122 Å². The second-order valence-electron chi connectivity index (χ2n) is 4.36. The Morgan fingerprint density at radius 3 is 2.57 bits per heavy atom. The van der Waals surface area contributed by atoms with Gasteiger partial charge in [0, 0.05) is 24.0 Å². The van der Waals surface area contributed by atoms with Crippen LogP contribution in [0.5, 0.6) is 11.5 Å². The van der Waals surface area contributed by atoms with Gasteiger partial charge in [0.1, 0.15) is 11.5 Å². The first kappa shape index (κ1) is 14.7. The van der Waals surface area contributed by atoms with Crippen LogP contribution in [0.25, 0.3) is 0 Å². The van der Waals surface area contributed by atoms with E-state index in [0.29, 0.717) is 29.5 Å². The minimum atomic E-state index is -1.12. The second kappa shape index (κ2) is 6.62. The maximum absolute atomic E-state index is 10.7. The zero-order chi connectivity index (χ0) is 15.2. The van der Waals surface area contributed by atoms with Crippen LogP contribution in [0.3, 0.4) is 0 Å². The molecule has 0 aromatic heterocycles. The fraction of sp³-hybridized carbons (Fsp3) is 0.133. The number of nitrogens with two attached hydrogens (primary N) is 1. The summed E-state index contributed by atoms with van der Waals surface area (Å²) in [4.78, 5) is 10.7. The number of hydrogen-bond donors (Lipinski definition) is 3. The molecular weight excluding hydrogens is 272 g/mol. The monoisotopic (exact) mass is 288 g/mol. The van der Waals surface area contributed by atoms with Gasteiger partial charge in [-0.3, -0.25) is 5.32 Å². The zero-order valence-electron chi connectivity index (χ0n) is 11.5. The predicted octanol–water partition coefficient (Wildman–Crippen LogP) is 3.30.